The minimum atomic E-state index is -1.18. The molecular formula is C17H18F3N5. The first-order chi connectivity index (χ1) is 11.9. The van der Waals surface area contributed by atoms with Crippen LogP contribution in [0.5, 0.6) is 0 Å². The van der Waals surface area contributed by atoms with Gasteiger partial charge in [0.15, 0.2) is 23.1 Å². The van der Waals surface area contributed by atoms with Crippen molar-refractivity contribution < 1.29 is 13.2 Å². The van der Waals surface area contributed by atoms with Gasteiger partial charge in [-0.2, -0.15) is 5.10 Å². The lowest BCUT2D eigenvalue weighted by Crippen LogP contribution is -2.45. The van der Waals surface area contributed by atoms with Crippen molar-refractivity contribution in [2.24, 2.45) is 7.05 Å². The van der Waals surface area contributed by atoms with E-state index >= 15 is 4.39 Å². The summed E-state index contributed by atoms with van der Waals surface area (Å²) in [5.74, 6) is -3.07. The van der Waals surface area contributed by atoms with Crippen molar-refractivity contribution in [3.05, 3.63) is 29.2 Å². The van der Waals surface area contributed by atoms with Gasteiger partial charge in [0.1, 0.15) is 11.2 Å². The highest BCUT2D eigenvalue weighted by Crippen LogP contribution is 2.35. The number of hydrogen-bond acceptors (Lipinski definition) is 4. The number of hydrogen-bond donors (Lipinski definition) is 0. The normalized spacial score (nSPS) is 16.3. The zero-order valence-corrected chi connectivity index (χ0v) is 14.3. The Kier molecular flexibility index (Phi) is 3.61. The Hall–Kier alpha value is -2.35. The highest BCUT2D eigenvalue weighted by atomic mass is 19.2. The van der Waals surface area contributed by atoms with Crippen molar-refractivity contribution in [1.82, 2.24) is 19.7 Å². The fourth-order valence-electron chi connectivity index (χ4n) is 3.42. The van der Waals surface area contributed by atoms with E-state index in [-0.39, 0.29) is 16.6 Å². The zero-order chi connectivity index (χ0) is 17.9. The van der Waals surface area contributed by atoms with Crippen LogP contribution in [-0.4, -0.2) is 52.9 Å². The van der Waals surface area contributed by atoms with Crippen molar-refractivity contribution in [3.63, 3.8) is 0 Å². The Balaban J connectivity index is 1.99. The van der Waals surface area contributed by atoms with E-state index < -0.39 is 17.5 Å². The highest BCUT2D eigenvalue weighted by Gasteiger charge is 2.28. The maximum absolute atomic E-state index is 15.1. The fraction of sp³-hybridized carbons (Fsp3) is 0.412. The first-order valence-electron chi connectivity index (χ1n) is 8.12. The Labute approximate surface area is 142 Å². The summed E-state index contributed by atoms with van der Waals surface area (Å²) in [6, 6.07) is 1.51. The molecule has 1 aliphatic heterocycles. The fourth-order valence-corrected chi connectivity index (χ4v) is 3.42. The number of anilines is 1. The molecule has 0 amide bonds. The first kappa shape index (κ1) is 16.1. The zero-order valence-electron chi connectivity index (χ0n) is 14.3. The molecule has 0 radical (unpaired) electrons. The van der Waals surface area contributed by atoms with Crippen LogP contribution in [0.25, 0.3) is 21.9 Å². The van der Waals surface area contributed by atoms with Gasteiger partial charge in [0.2, 0.25) is 0 Å². The van der Waals surface area contributed by atoms with E-state index in [0.29, 0.717) is 42.9 Å². The number of piperazine rings is 1. The molecule has 5 nitrogen and oxygen atoms in total. The van der Waals surface area contributed by atoms with Crippen LogP contribution in [0.15, 0.2) is 6.07 Å². The van der Waals surface area contributed by atoms with E-state index in [0.717, 1.165) is 0 Å². The van der Waals surface area contributed by atoms with Crippen LogP contribution in [0.2, 0.25) is 0 Å². The second-order valence-corrected chi connectivity index (χ2v) is 6.55. The molecule has 1 aromatic carbocycles. The number of halogens is 3. The SMILES string of the molecule is Cc1nn(C)c2nc3c(F)c(F)c(N4CCN(C)CC4)c(F)c3cc12. The third-order valence-electron chi connectivity index (χ3n) is 4.87. The van der Waals surface area contributed by atoms with Crippen LogP contribution in [0, 0.1) is 24.4 Å². The molecule has 0 bridgehead atoms. The minimum Gasteiger partial charge on any atom is -0.364 e. The lowest BCUT2D eigenvalue weighted by atomic mass is 10.1. The van der Waals surface area contributed by atoms with Crippen LogP contribution >= 0.6 is 0 Å². The van der Waals surface area contributed by atoms with Crippen LogP contribution in [0.3, 0.4) is 0 Å². The number of benzene rings is 1. The lowest BCUT2D eigenvalue weighted by molar-refractivity contribution is 0.310. The molecule has 0 spiro atoms. The summed E-state index contributed by atoms with van der Waals surface area (Å²) in [5, 5.41) is 4.83. The molecule has 1 aliphatic rings. The van der Waals surface area contributed by atoms with Gasteiger partial charge in [0, 0.05) is 44.0 Å². The van der Waals surface area contributed by atoms with Crippen LogP contribution in [-0.2, 0) is 7.05 Å². The number of fused-ring (bicyclic) bond motifs is 2. The molecule has 0 unspecified atom stereocenters. The number of aryl methyl sites for hydroxylation is 2. The van der Waals surface area contributed by atoms with E-state index in [1.54, 1.807) is 18.9 Å². The van der Waals surface area contributed by atoms with Gasteiger partial charge in [0.25, 0.3) is 0 Å². The molecule has 0 N–H and O–H groups in total. The van der Waals surface area contributed by atoms with Crippen molar-refractivity contribution in [2.45, 2.75) is 6.92 Å². The molecule has 4 rings (SSSR count). The third kappa shape index (κ3) is 2.35. The molecule has 0 aliphatic carbocycles. The third-order valence-corrected chi connectivity index (χ3v) is 4.87. The molecule has 8 heteroatoms. The van der Waals surface area contributed by atoms with Gasteiger partial charge in [0.05, 0.1) is 5.69 Å². The molecule has 132 valence electrons. The number of aromatic nitrogens is 3. The summed E-state index contributed by atoms with van der Waals surface area (Å²) in [5.41, 5.74) is 0.455. The molecule has 2 aromatic heterocycles. The number of pyridine rings is 1. The smallest absolute Gasteiger partial charge is 0.187 e. The largest absolute Gasteiger partial charge is 0.364 e. The standard InChI is InChI=1S/C17H18F3N5/c1-9-10-8-11-12(18)16(25-6-4-23(2)5-7-25)14(20)13(19)15(11)21-17(10)24(3)22-9/h8H,4-7H2,1-3H3. The van der Waals surface area contributed by atoms with Gasteiger partial charge in [-0.1, -0.05) is 0 Å². The van der Waals surface area contributed by atoms with Gasteiger partial charge < -0.3 is 9.80 Å². The Morgan fingerprint density at radius 2 is 1.60 bits per heavy atom. The minimum absolute atomic E-state index is 0.0172. The Morgan fingerprint density at radius 1 is 0.920 bits per heavy atom. The second kappa shape index (κ2) is 5.59. The van der Waals surface area contributed by atoms with Gasteiger partial charge >= 0.3 is 0 Å². The number of rotatable bonds is 1. The molecule has 25 heavy (non-hydrogen) atoms. The summed E-state index contributed by atoms with van der Waals surface area (Å²) in [6.07, 6.45) is 0. The van der Waals surface area contributed by atoms with Crippen LogP contribution in [0.1, 0.15) is 5.69 Å². The van der Waals surface area contributed by atoms with Gasteiger partial charge in [-0.05, 0) is 20.0 Å². The number of likely N-dealkylation sites (N-methyl/N-ethyl adjacent to an activating group) is 1. The Morgan fingerprint density at radius 3 is 2.28 bits per heavy atom. The van der Waals surface area contributed by atoms with Crippen LogP contribution < -0.4 is 4.90 Å². The maximum Gasteiger partial charge on any atom is 0.187 e. The predicted molar refractivity (Wildman–Crippen MR) is 90.3 cm³/mol. The van der Waals surface area contributed by atoms with Gasteiger partial charge in [-0.15, -0.1) is 0 Å². The van der Waals surface area contributed by atoms with Gasteiger partial charge in [-0.3, -0.25) is 4.68 Å². The molecular weight excluding hydrogens is 331 g/mol. The van der Waals surface area contributed by atoms with Crippen molar-refractivity contribution >= 4 is 27.6 Å². The van der Waals surface area contributed by atoms with E-state index in [4.69, 9.17) is 0 Å². The van der Waals surface area contributed by atoms with E-state index in [2.05, 4.69) is 15.0 Å². The highest BCUT2D eigenvalue weighted by molar-refractivity contribution is 5.95. The molecule has 0 saturated carbocycles. The average molecular weight is 349 g/mol. The predicted octanol–water partition coefficient (Wildman–Crippen LogP) is 2.60. The summed E-state index contributed by atoms with van der Waals surface area (Å²) in [6.45, 7) is 3.98. The topological polar surface area (TPSA) is 37.2 Å². The van der Waals surface area contributed by atoms with E-state index in [1.165, 1.54) is 10.7 Å². The number of nitrogens with zero attached hydrogens (tertiary/aromatic N) is 5. The molecule has 3 heterocycles. The van der Waals surface area contributed by atoms with Crippen molar-refractivity contribution in [3.8, 4) is 0 Å². The van der Waals surface area contributed by atoms with Crippen molar-refractivity contribution in [2.75, 3.05) is 38.1 Å². The maximum atomic E-state index is 15.1. The quantitative estimate of drug-likeness (QED) is 0.633. The molecule has 0 atom stereocenters. The lowest BCUT2D eigenvalue weighted by Gasteiger charge is -2.34. The summed E-state index contributed by atoms with van der Waals surface area (Å²) in [7, 11) is 3.61. The van der Waals surface area contributed by atoms with Crippen molar-refractivity contribution in [1.29, 1.82) is 0 Å². The van der Waals surface area contributed by atoms with Crippen LogP contribution in [0.4, 0.5) is 18.9 Å². The molecule has 1 fully saturated rings. The summed E-state index contributed by atoms with van der Waals surface area (Å²) in [4.78, 5) is 7.76. The summed E-state index contributed by atoms with van der Waals surface area (Å²) >= 11 is 0. The van der Waals surface area contributed by atoms with E-state index in [9.17, 15) is 8.78 Å². The first-order valence-corrected chi connectivity index (χ1v) is 8.12. The monoisotopic (exact) mass is 349 g/mol. The van der Waals surface area contributed by atoms with E-state index in [1.807, 2.05) is 7.05 Å². The molecule has 3 aromatic rings. The molecule has 1 saturated heterocycles. The van der Waals surface area contributed by atoms with Gasteiger partial charge in [-0.25, -0.2) is 18.2 Å². The Bertz CT molecular complexity index is 990. The summed E-state index contributed by atoms with van der Waals surface area (Å²) < 4.78 is 45.9. The second-order valence-electron chi connectivity index (χ2n) is 6.55. The average Bonchev–Trinajstić information content (AvgIpc) is 2.87.